The van der Waals surface area contributed by atoms with E-state index in [1.807, 2.05) is 31.5 Å². The highest BCUT2D eigenvalue weighted by molar-refractivity contribution is 5.81. The number of fused-ring (bicyclic) bond motifs is 3. The van der Waals surface area contributed by atoms with E-state index in [1.165, 1.54) is 11.5 Å². The second-order valence-corrected chi connectivity index (χ2v) is 7.71. The van der Waals surface area contributed by atoms with Gasteiger partial charge in [-0.3, -0.25) is 23.1 Å². The fourth-order valence-electron chi connectivity index (χ4n) is 3.90. The van der Waals surface area contributed by atoms with Crippen LogP contribution in [0.2, 0.25) is 0 Å². The van der Waals surface area contributed by atoms with E-state index in [1.54, 1.807) is 18.4 Å². The molecule has 3 heterocycles. The Bertz CT molecular complexity index is 1410. The van der Waals surface area contributed by atoms with E-state index < -0.39 is 17.3 Å². The van der Waals surface area contributed by atoms with Gasteiger partial charge in [-0.15, -0.1) is 0 Å². The van der Waals surface area contributed by atoms with E-state index in [4.69, 9.17) is 0 Å². The van der Waals surface area contributed by atoms with Crippen molar-refractivity contribution in [1.82, 2.24) is 23.1 Å². The summed E-state index contributed by atoms with van der Waals surface area (Å²) in [4.78, 5) is 42.5. The molecule has 0 aliphatic carbocycles. The van der Waals surface area contributed by atoms with Crippen molar-refractivity contribution in [2.24, 2.45) is 7.05 Å². The third kappa shape index (κ3) is 2.66. The van der Waals surface area contributed by atoms with Crippen LogP contribution in [0.3, 0.4) is 0 Å². The number of aromatic nitrogens is 5. The van der Waals surface area contributed by atoms with Gasteiger partial charge in [0.25, 0.3) is 5.56 Å². The summed E-state index contributed by atoms with van der Waals surface area (Å²) in [5.41, 5.74) is 3.57. The summed E-state index contributed by atoms with van der Waals surface area (Å²) in [6.07, 6.45) is 1.83. The lowest BCUT2D eigenvalue weighted by Crippen LogP contribution is -2.42. The second-order valence-electron chi connectivity index (χ2n) is 7.71. The third-order valence-electron chi connectivity index (χ3n) is 5.42. The summed E-state index contributed by atoms with van der Waals surface area (Å²) in [6.45, 7) is 8.92. The number of hydrogen-bond acceptors (Lipinski definition) is 4. The van der Waals surface area contributed by atoms with Gasteiger partial charge in [0.15, 0.2) is 16.9 Å². The number of carbonyl (C=O) groups excluding carboxylic acids is 1. The Balaban J connectivity index is 2.15. The first-order valence-corrected chi connectivity index (χ1v) is 9.42. The van der Waals surface area contributed by atoms with Gasteiger partial charge in [-0.25, -0.2) is 9.36 Å². The van der Waals surface area contributed by atoms with Crippen LogP contribution in [0.1, 0.15) is 36.7 Å². The average molecular weight is 393 g/mol. The molecule has 0 aliphatic rings. The maximum absolute atomic E-state index is 13.2. The summed E-state index contributed by atoms with van der Waals surface area (Å²) < 4.78 is 5.99. The Morgan fingerprint density at radius 2 is 1.69 bits per heavy atom. The summed E-state index contributed by atoms with van der Waals surface area (Å²) in [7, 11) is 1.56. The van der Waals surface area contributed by atoms with E-state index in [0.29, 0.717) is 11.4 Å². The van der Waals surface area contributed by atoms with Crippen LogP contribution in [0.4, 0.5) is 0 Å². The topological polar surface area (TPSA) is 83.3 Å². The van der Waals surface area contributed by atoms with Crippen LogP contribution in [-0.4, -0.2) is 28.9 Å². The molecule has 0 N–H and O–H groups in total. The van der Waals surface area contributed by atoms with Crippen molar-refractivity contribution in [2.45, 2.75) is 40.7 Å². The van der Waals surface area contributed by atoms with Gasteiger partial charge < -0.3 is 0 Å². The minimum Gasteiger partial charge on any atom is -0.298 e. The van der Waals surface area contributed by atoms with E-state index >= 15 is 0 Å². The first kappa shape index (κ1) is 18.9. The van der Waals surface area contributed by atoms with Gasteiger partial charge >= 0.3 is 5.69 Å². The summed E-state index contributed by atoms with van der Waals surface area (Å²) in [5, 5.41) is 0. The fraction of sp³-hybridized carbons (Fsp3) is 0.333. The largest absolute Gasteiger partial charge is 0.333 e. The second kappa shape index (κ2) is 6.30. The molecule has 0 aliphatic heterocycles. The van der Waals surface area contributed by atoms with Gasteiger partial charge in [-0.2, -0.15) is 4.98 Å². The van der Waals surface area contributed by atoms with Crippen molar-refractivity contribution < 1.29 is 4.79 Å². The molecule has 150 valence electrons. The molecular weight excluding hydrogens is 370 g/mol. The first-order chi connectivity index (χ1) is 13.6. The molecule has 1 aromatic carbocycles. The number of imidazole rings is 2. The molecule has 3 aromatic heterocycles. The van der Waals surface area contributed by atoms with Crippen molar-refractivity contribution >= 4 is 22.7 Å². The summed E-state index contributed by atoms with van der Waals surface area (Å²) in [5.74, 6) is 0.288. The van der Waals surface area contributed by atoms with Crippen molar-refractivity contribution in [1.29, 1.82) is 0 Å². The van der Waals surface area contributed by atoms with Crippen molar-refractivity contribution in [3.63, 3.8) is 0 Å². The fourth-order valence-corrected chi connectivity index (χ4v) is 3.90. The molecule has 1 atom stereocenters. The van der Waals surface area contributed by atoms with Gasteiger partial charge in [-0.1, -0.05) is 6.07 Å². The van der Waals surface area contributed by atoms with E-state index in [2.05, 4.69) is 23.2 Å². The Hall–Kier alpha value is -3.42. The maximum atomic E-state index is 13.2. The number of carbonyl (C=O) groups is 1. The molecule has 0 saturated carbocycles. The molecule has 0 saturated heterocycles. The lowest BCUT2D eigenvalue weighted by Gasteiger charge is -2.12. The molecule has 1 unspecified atom stereocenters. The highest BCUT2D eigenvalue weighted by Gasteiger charge is 2.24. The van der Waals surface area contributed by atoms with Gasteiger partial charge in [0.05, 0.1) is 6.04 Å². The number of ketones is 1. The molecule has 0 amide bonds. The molecule has 8 nitrogen and oxygen atoms in total. The maximum Gasteiger partial charge on any atom is 0.333 e. The standard InChI is InChI=1S/C21H23N5O3/c1-11-7-12(2)9-16(8-11)25-13(3)10-24-17-18(22-20(24)25)23(6)21(29)26(19(17)28)14(4)15(5)27/h7-10,14H,1-6H3. The monoisotopic (exact) mass is 393 g/mol. The molecule has 0 fully saturated rings. The zero-order chi connectivity index (χ0) is 21.2. The van der Waals surface area contributed by atoms with Crippen LogP contribution in [0.5, 0.6) is 0 Å². The van der Waals surface area contributed by atoms with Crippen LogP contribution < -0.4 is 11.2 Å². The van der Waals surface area contributed by atoms with Crippen molar-refractivity contribution in [2.75, 3.05) is 0 Å². The predicted molar refractivity (Wildman–Crippen MR) is 111 cm³/mol. The zero-order valence-corrected chi connectivity index (χ0v) is 17.3. The molecule has 8 heteroatoms. The third-order valence-corrected chi connectivity index (χ3v) is 5.42. The van der Waals surface area contributed by atoms with Gasteiger partial charge in [-0.05, 0) is 57.9 Å². The van der Waals surface area contributed by atoms with Crippen LogP contribution in [0.15, 0.2) is 34.0 Å². The van der Waals surface area contributed by atoms with Gasteiger partial charge in [0.2, 0.25) is 5.78 Å². The molecule has 0 spiro atoms. The highest BCUT2D eigenvalue weighted by atomic mass is 16.2. The normalized spacial score (nSPS) is 12.8. The van der Waals surface area contributed by atoms with E-state index in [0.717, 1.165) is 27.1 Å². The average Bonchev–Trinajstić information content (AvgIpc) is 3.13. The van der Waals surface area contributed by atoms with Crippen LogP contribution >= 0.6 is 0 Å². The molecular formula is C21H23N5O3. The first-order valence-electron chi connectivity index (χ1n) is 9.42. The SMILES string of the molecule is CC(=O)C(C)n1c(=O)c2c(nc3n(-c4cc(C)cc(C)c4)c(C)cn23)n(C)c1=O. The van der Waals surface area contributed by atoms with Crippen LogP contribution in [0, 0.1) is 20.8 Å². The van der Waals surface area contributed by atoms with Gasteiger partial charge in [0, 0.05) is 24.6 Å². The van der Waals surface area contributed by atoms with Gasteiger partial charge in [0.1, 0.15) is 0 Å². The summed E-state index contributed by atoms with van der Waals surface area (Å²) in [6, 6.07) is 5.34. The lowest BCUT2D eigenvalue weighted by atomic mass is 10.1. The smallest absolute Gasteiger partial charge is 0.298 e. The Kier molecular flexibility index (Phi) is 4.11. The molecule has 4 rings (SSSR count). The number of aryl methyl sites for hydroxylation is 4. The number of nitrogens with zero attached hydrogens (tertiary/aromatic N) is 5. The quantitative estimate of drug-likeness (QED) is 0.534. The van der Waals surface area contributed by atoms with E-state index in [9.17, 15) is 14.4 Å². The molecule has 29 heavy (non-hydrogen) atoms. The molecule has 0 bridgehead atoms. The Morgan fingerprint density at radius 1 is 1.07 bits per heavy atom. The number of rotatable bonds is 3. The number of benzene rings is 1. The predicted octanol–water partition coefficient (Wildman–Crippen LogP) is 2.21. The highest BCUT2D eigenvalue weighted by Crippen LogP contribution is 2.22. The number of hydrogen-bond donors (Lipinski definition) is 0. The van der Waals surface area contributed by atoms with E-state index in [-0.39, 0.29) is 11.3 Å². The minimum absolute atomic E-state index is 0.256. The zero-order valence-electron chi connectivity index (χ0n) is 17.3. The Labute approximate surface area is 166 Å². The van der Waals surface area contributed by atoms with Crippen LogP contribution in [0.25, 0.3) is 22.6 Å². The minimum atomic E-state index is -0.848. The Morgan fingerprint density at radius 3 is 2.28 bits per heavy atom. The molecule has 4 aromatic rings. The lowest BCUT2D eigenvalue weighted by molar-refractivity contribution is -0.119. The van der Waals surface area contributed by atoms with Crippen molar-refractivity contribution in [3.8, 4) is 5.69 Å². The van der Waals surface area contributed by atoms with Crippen molar-refractivity contribution in [3.05, 3.63) is 62.1 Å². The summed E-state index contributed by atoms with van der Waals surface area (Å²) >= 11 is 0. The van der Waals surface area contributed by atoms with Crippen LogP contribution in [-0.2, 0) is 11.8 Å². The molecule has 0 radical (unpaired) electrons. The number of Topliss-reactive ketones (excluding diaryl/α,β-unsaturated/α-hetero) is 1.